The Morgan fingerprint density at radius 2 is 2.36 bits per heavy atom. The summed E-state index contributed by atoms with van der Waals surface area (Å²) in [5.74, 6) is 0. The molecule has 0 bridgehead atoms. The van der Waals surface area contributed by atoms with Gasteiger partial charge in [0.1, 0.15) is 0 Å². The van der Waals surface area contributed by atoms with Crippen LogP contribution >= 0.6 is 0 Å². The maximum atomic E-state index is 5.53. The van der Waals surface area contributed by atoms with Crippen LogP contribution in [-0.4, -0.2) is 19.3 Å². The van der Waals surface area contributed by atoms with Gasteiger partial charge in [-0.05, 0) is 25.7 Å². The van der Waals surface area contributed by atoms with Crippen LogP contribution in [0, 0.1) is 0 Å². The summed E-state index contributed by atoms with van der Waals surface area (Å²) in [5, 5.41) is 0. The molecule has 1 unspecified atom stereocenters. The molecule has 1 atom stereocenters. The fourth-order valence-corrected chi connectivity index (χ4v) is 1.37. The van der Waals surface area contributed by atoms with Crippen LogP contribution in [0.4, 0.5) is 0 Å². The molecular weight excluding hydrogens is 138 g/mol. The smallest absolute Gasteiger partial charge is 0.0612 e. The van der Waals surface area contributed by atoms with Crippen molar-refractivity contribution in [3.05, 3.63) is 12.2 Å². The summed E-state index contributed by atoms with van der Waals surface area (Å²) in [7, 11) is 0. The highest BCUT2D eigenvalue weighted by molar-refractivity contribution is 4.97. The Kier molecular flexibility index (Phi) is 3.60. The van der Waals surface area contributed by atoms with Crippen LogP contribution in [0.2, 0.25) is 0 Å². The summed E-state index contributed by atoms with van der Waals surface area (Å²) < 4.78 is 5.53. The van der Waals surface area contributed by atoms with Crippen molar-refractivity contribution in [2.75, 3.05) is 13.2 Å². The molecule has 0 aromatic carbocycles. The van der Waals surface area contributed by atoms with Gasteiger partial charge < -0.3 is 10.5 Å². The van der Waals surface area contributed by atoms with Crippen molar-refractivity contribution in [3.63, 3.8) is 0 Å². The summed E-state index contributed by atoms with van der Waals surface area (Å²) in [6.07, 6.45) is 5.05. The zero-order valence-corrected chi connectivity index (χ0v) is 7.01. The Balaban J connectivity index is 2.19. The molecule has 0 saturated carbocycles. The maximum Gasteiger partial charge on any atom is 0.0612 e. The van der Waals surface area contributed by atoms with Crippen molar-refractivity contribution in [1.29, 1.82) is 0 Å². The van der Waals surface area contributed by atoms with E-state index in [0.717, 1.165) is 18.6 Å². The van der Waals surface area contributed by atoms with Crippen molar-refractivity contribution in [2.45, 2.75) is 31.8 Å². The topological polar surface area (TPSA) is 35.2 Å². The Morgan fingerprint density at radius 1 is 1.55 bits per heavy atom. The van der Waals surface area contributed by atoms with E-state index in [1.54, 1.807) is 0 Å². The molecule has 1 rings (SSSR count). The molecule has 0 aromatic rings. The number of hydrogen-bond acceptors (Lipinski definition) is 2. The van der Waals surface area contributed by atoms with Gasteiger partial charge in [-0.3, -0.25) is 0 Å². The van der Waals surface area contributed by atoms with Gasteiger partial charge >= 0.3 is 0 Å². The largest absolute Gasteiger partial charge is 0.378 e. The van der Waals surface area contributed by atoms with E-state index in [4.69, 9.17) is 10.5 Å². The van der Waals surface area contributed by atoms with Crippen molar-refractivity contribution in [1.82, 2.24) is 0 Å². The molecule has 11 heavy (non-hydrogen) atoms. The van der Waals surface area contributed by atoms with Crippen LogP contribution < -0.4 is 5.73 Å². The average Bonchev–Trinajstić information content (AvgIpc) is 2.06. The average molecular weight is 155 g/mol. The lowest BCUT2D eigenvalue weighted by atomic mass is 10.0. The predicted octanol–water partition coefficient (Wildman–Crippen LogP) is 1.46. The highest BCUT2D eigenvalue weighted by Crippen LogP contribution is 2.17. The molecule has 1 saturated heterocycles. The highest BCUT2D eigenvalue weighted by Gasteiger charge is 2.13. The zero-order chi connectivity index (χ0) is 8.10. The molecule has 0 aliphatic carbocycles. The molecule has 0 spiro atoms. The SMILES string of the molecule is C=C(CN)CC1CCCCO1. The van der Waals surface area contributed by atoms with Crippen LogP contribution in [0.15, 0.2) is 12.2 Å². The molecular formula is C9H17NO. The molecule has 2 nitrogen and oxygen atoms in total. The molecule has 0 radical (unpaired) electrons. The van der Waals surface area contributed by atoms with Crippen molar-refractivity contribution in [3.8, 4) is 0 Å². The lowest BCUT2D eigenvalue weighted by Crippen LogP contribution is -2.20. The minimum atomic E-state index is 0.403. The summed E-state index contributed by atoms with van der Waals surface area (Å²) >= 11 is 0. The Morgan fingerprint density at radius 3 is 2.91 bits per heavy atom. The molecule has 1 aliphatic rings. The van der Waals surface area contributed by atoms with E-state index < -0.39 is 0 Å². The van der Waals surface area contributed by atoms with E-state index in [0.29, 0.717) is 12.6 Å². The first kappa shape index (κ1) is 8.75. The summed E-state index contributed by atoms with van der Waals surface area (Å²) in [6, 6.07) is 0. The third kappa shape index (κ3) is 3.04. The van der Waals surface area contributed by atoms with Gasteiger partial charge in [0, 0.05) is 13.2 Å². The Bertz CT molecular complexity index is 128. The second-order valence-electron chi connectivity index (χ2n) is 3.15. The first-order valence-corrected chi connectivity index (χ1v) is 4.31. The van der Waals surface area contributed by atoms with Gasteiger partial charge in [0.25, 0.3) is 0 Å². The van der Waals surface area contributed by atoms with Crippen LogP contribution in [0.25, 0.3) is 0 Å². The standard InChI is InChI=1S/C9H17NO/c1-8(7-10)6-9-4-2-3-5-11-9/h9H,1-7,10H2. The van der Waals surface area contributed by atoms with E-state index in [1.807, 2.05) is 0 Å². The number of rotatable bonds is 3. The van der Waals surface area contributed by atoms with Gasteiger partial charge in [-0.2, -0.15) is 0 Å². The van der Waals surface area contributed by atoms with Crippen molar-refractivity contribution >= 4 is 0 Å². The second kappa shape index (κ2) is 4.52. The summed E-state index contributed by atoms with van der Waals surface area (Å²) in [6.45, 7) is 5.38. The lowest BCUT2D eigenvalue weighted by Gasteiger charge is -2.22. The van der Waals surface area contributed by atoms with E-state index in [-0.39, 0.29) is 0 Å². The molecule has 2 heteroatoms. The van der Waals surface area contributed by atoms with Gasteiger partial charge in [-0.25, -0.2) is 0 Å². The van der Waals surface area contributed by atoms with Crippen LogP contribution in [0.5, 0.6) is 0 Å². The van der Waals surface area contributed by atoms with Crippen LogP contribution in [0.3, 0.4) is 0 Å². The van der Waals surface area contributed by atoms with E-state index in [1.165, 1.54) is 19.3 Å². The van der Waals surface area contributed by atoms with Gasteiger partial charge in [0.15, 0.2) is 0 Å². The molecule has 1 aliphatic heterocycles. The molecule has 1 fully saturated rings. The minimum absolute atomic E-state index is 0.403. The number of hydrogen-bond donors (Lipinski definition) is 1. The fourth-order valence-electron chi connectivity index (χ4n) is 1.37. The molecule has 0 amide bonds. The molecule has 64 valence electrons. The summed E-state index contributed by atoms with van der Waals surface area (Å²) in [5.41, 5.74) is 6.54. The second-order valence-corrected chi connectivity index (χ2v) is 3.15. The molecule has 1 heterocycles. The van der Waals surface area contributed by atoms with Crippen LogP contribution in [-0.2, 0) is 4.74 Å². The minimum Gasteiger partial charge on any atom is -0.378 e. The van der Waals surface area contributed by atoms with Gasteiger partial charge in [-0.15, -0.1) is 0 Å². The van der Waals surface area contributed by atoms with E-state index in [2.05, 4.69) is 6.58 Å². The van der Waals surface area contributed by atoms with Crippen molar-refractivity contribution < 1.29 is 4.74 Å². The monoisotopic (exact) mass is 155 g/mol. The third-order valence-electron chi connectivity index (χ3n) is 2.08. The molecule has 0 aromatic heterocycles. The normalized spacial score (nSPS) is 25.0. The zero-order valence-electron chi connectivity index (χ0n) is 7.01. The van der Waals surface area contributed by atoms with Crippen molar-refractivity contribution in [2.24, 2.45) is 5.73 Å². The summed E-state index contributed by atoms with van der Waals surface area (Å²) in [4.78, 5) is 0. The number of nitrogens with two attached hydrogens (primary N) is 1. The van der Waals surface area contributed by atoms with E-state index >= 15 is 0 Å². The Labute approximate surface area is 68.4 Å². The van der Waals surface area contributed by atoms with Crippen LogP contribution in [0.1, 0.15) is 25.7 Å². The number of ether oxygens (including phenoxy) is 1. The first-order chi connectivity index (χ1) is 5.33. The highest BCUT2D eigenvalue weighted by atomic mass is 16.5. The predicted molar refractivity (Wildman–Crippen MR) is 46.4 cm³/mol. The van der Waals surface area contributed by atoms with Gasteiger partial charge in [-0.1, -0.05) is 12.2 Å². The first-order valence-electron chi connectivity index (χ1n) is 4.31. The van der Waals surface area contributed by atoms with Gasteiger partial charge in [0.2, 0.25) is 0 Å². The molecule has 2 N–H and O–H groups in total. The maximum absolute atomic E-state index is 5.53. The quantitative estimate of drug-likeness (QED) is 0.626. The van der Waals surface area contributed by atoms with E-state index in [9.17, 15) is 0 Å². The fraction of sp³-hybridized carbons (Fsp3) is 0.778. The third-order valence-corrected chi connectivity index (χ3v) is 2.08. The Hall–Kier alpha value is -0.340. The van der Waals surface area contributed by atoms with Gasteiger partial charge in [0.05, 0.1) is 6.10 Å². The lowest BCUT2D eigenvalue weighted by molar-refractivity contribution is 0.0167.